The molecule has 2 saturated carbocycles. The average Bonchev–Trinajstić information content (AvgIpc) is 2.55. The summed E-state index contributed by atoms with van der Waals surface area (Å²) in [5.41, 5.74) is 0.643. The second kappa shape index (κ2) is 9.05. The molecule has 0 bridgehead atoms. The van der Waals surface area contributed by atoms with Gasteiger partial charge >= 0.3 is 0 Å². The highest BCUT2D eigenvalue weighted by Gasteiger charge is 2.38. The van der Waals surface area contributed by atoms with Crippen molar-refractivity contribution in [2.24, 2.45) is 17.3 Å². The average molecular weight is 357 g/mol. The topological polar surface area (TPSA) is 34.1 Å². The minimum absolute atomic E-state index is 0.0504. The van der Waals surface area contributed by atoms with Crippen LogP contribution in [-0.4, -0.2) is 19.9 Å². The number of hydrogen-bond donors (Lipinski definition) is 0. The molecule has 0 N–H and O–H groups in total. The summed E-state index contributed by atoms with van der Waals surface area (Å²) >= 11 is 0. The first-order chi connectivity index (χ1) is 11.4. The fourth-order valence-electron chi connectivity index (χ4n) is 5.62. The van der Waals surface area contributed by atoms with E-state index in [1.54, 1.807) is 0 Å². The molecule has 3 heteroatoms. The van der Waals surface area contributed by atoms with Gasteiger partial charge in [-0.1, -0.05) is 39.5 Å². The third kappa shape index (κ3) is 5.47. The van der Waals surface area contributed by atoms with Gasteiger partial charge in [-0.2, -0.15) is 0 Å². The second-order valence-electron chi connectivity index (χ2n) is 8.91. The van der Waals surface area contributed by atoms with Crippen molar-refractivity contribution in [1.82, 2.24) is 0 Å². The van der Waals surface area contributed by atoms with E-state index in [-0.39, 0.29) is 5.25 Å². The third-order valence-electron chi connectivity index (χ3n) is 7.17. The molecule has 0 saturated heterocycles. The molecule has 2 rings (SSSR count). The maximum Gasteiger partial charge on any atom is 0.150 e. The normalized spacial score (nSPS) is 35.0. The Bertz CT molecular complexity index is 452. The summed E-state index contributed by atoms with van der Waals surface area (Å²) in [4.78, 5) is 0. The van der Waals surface area contributed by atoms with Gasteiger partial charge in [-0.05, 0) is 81.5 Å². The minimum atomic E-state index is -2.82. The number of sulfone groups is 1. The lowest BCUT2D eigenvalue weighted by molar-refractivity contribution is 0.0831. The molecule has 2 fully saturated rings. The molecule has 2 nitrogen and oxygen atoms in total. The van der Waals surface area contributed by atoms with E-state index in [9.17, 15) is 8.42 Å². The monoisotopic (exact) mass is 356 g/mol. The first-order valence-corrected chi connectivity index (χ1v) is 12.5. The molecule has 0 amide bonds. The third-order valence-corrected chi connectivity index (χ3v) is 8.86. The van der Waals surface area contributed by atoms with Crippen molar-refractivity contribution in [3.05, 3.63) is 0 Å². The van der Waals surface area contributed by atoms with E-state index in [4.69, 9.17) is 0 Å². The summed E-state index contributed by atoms with van der Waals surface area (Å²) in [6.45, 7) is 4.65. The second-order valence-corrected chi connectivity index (χ2v) is 11.2. The summed E-state index contributed by atoms with van der Waals surface area (Å²) in [5, 5.41) is -0.0504. The van der Waals surface area contributed by atoms with Crippen molar-refractivity contribution < 1.29 is 8.42 Å². The van der Waals surface area contributed by atoms with Crippen molar-refractivity contribution in [2.45, 2.75) is 109 Å². The van der Waals surface area contributed by atoms with E-state index >= 15 is 0 Å². The predicted octanol–water partition coefficient (Wildman–Crippen LogP) is 6.15. The van der Waals surface area contributed by atoms with Crippen LogP contribution in [0.2, 0.25) is 0 Å². The van der Waals surface area contributed by atoms with Crippen LogP contribution >= 0.6 is 0 Å². The zero-order valence-corrected chi connectivity index (χ0v) is 17.2. The van der Waals surface area contributed by atoms with Gasteiger partial charge in [0.15, 0.2) is 0 Å². The molecule has 0 radical (unpaired) electrons. The Labute approximate surface area is 151 Å². The van der Waals surface area contributed by atoms with Gasteiger partial charge in [-0.3, -0.25) is 0 Å². The van der Waals surface area contributed by atoms with Crippen LogP contribution in [0.15, 0.2) is 0 Å². The molecular formula is C21H40O2S. The van der Waals surface area contributed by atoms with Gasteiger partial charge in [0, 0.05) is 6.26 Å². The number of hydrogen-bond acceptors (Lipinski definition) is 2. The Morgan fingerprint density at radius 1 is 0.792 bits per heavy atom. The van der Waals surface area contributed by atoms with Crippen molar-refractivity contribution in [3.8, 4) is 0 Å². The Morgan fingerprint density at radius 3 is 1.88 bits per heavy atom. The fraction of sp³-hybridized carbons (Fsp3) is 1.00. The van der Waals surface area contributed by atoms with Crippen LogP contribution in [0, 0.1) is 17.3 Å². The van der Waals surface area contributed by atoms with Crippen LogP contribution in [0.3, 0.4) is 0 Å². The molecule has 2 aliphatic carbocycles. The molecule has 0 spiro atoms. The summed E-state index contributed by atoms with van der Waals surface area (Å²) < 4.78 is 23.5. The highest BCUT2D eigenvalue weighted by Crippen LogP contribution is 2.49. The van der Waals surface area contributed by atoms with Crippen LogP contribution in [0.1, 0.15) is 104 Å². The van der Waals surface area contributed by atoms with E-state index in [1.807, 2.05) is 0 Å². The van der Waals surface area contributed by atoms with E-state index in [2.05, 4.69) is 13.8 Å². The van der Waals surface area contributed by atoms with Crippen LogP contribution in [0.25, 0.3) is 0 Å². The number of unbranched alkanes of at least 4 members (excludes halogenated alkanes) is 2. The Balaban J connectivity index is 1.83. The lowest BCUT2D eigenvalue weighted by atomic mass is 9.62. The zero-order chi connectivity index (χ0) is 17.6. The van der Waals surface area contributed by atoms with Gasteiger partial charge in [0.2, 0.25) is 0 Å². The molecule has 142 valence electrons. The number of rotatable bonds is 8. The predicted molar refractivity (Wildman–Crippen MR) is 104 cm³/mol. The maximum absolute atomic E-state index is 11.8. The standard InChI is InChI=1S/C21H40O2S/c1-4-6-7-15-21(14-5-2)16-12-19(13-17-21)18-8-10-20(11-9-18)24(3,22)23/h18-20H,4-17H2,1-3H3. The Kier molecular flexibility index (Phi) is 7.64. The van der Waals surface area contributed by atoms with Crippen molar-refractivity contribution in [3.63, 3.8) is 0 Å². The van der Waals surface area contributed by atoms with Gasteiger partial charge in [0.05, 0.1) is 5.25 Å². The Morgan fingerprint density at radius 2 is 1.38 bits per heavy atom. The molecule has 24 heavy (non-hydrogen) atoms. The smallest absolute Gasteiger partial charge is 0.150 e. The molecule has 0 atom stereocenters. The quantitative estimate of drug-likeness (QED) is 0.489. The van der Waals surface area contributed by atoms with E-state index < -0.39 is 9.84 Å². The van der Waals surface area contributed by atoms with Crippen molar-refractivity contribution >= 4 is 9.84 Å². The van der Waals surface area contributed by atoms with Crippen LogP contribution < -0.4 is 0 Å². The van der Waals surface area contributed by atoms with Crippen LogP contribution in [0.5, 0.6) is 0 Å². The summed E-state index contributed by atoms with van der Waals surface area (Å²) in [6, 6.07) is 0. The molecule has 0 heterocycles. The zero-order valence-electron chi connectivity index (χ0n) is 16.4. The first-order valence-electron chi connectivity index (χ1n) is 10.6. The van der Waals surface area contributed by atoms with E-state index in [0.29, 0.717) is 5.41 Å². The van der Waals surface area contributed by atoms with Gasteiger partial charge < -0.3 is 0 Å². The fourth-order valence-corrected chi connectivity index (χ4v) is 6.75. The summed E-state index contributed by atoms with van der Waals surface area (Å²) in [7, 11) is -2.82. The van der Waals surface area contributed by atoms with E-state index in [0.717, 1.165) is 37.5 Å². The summed E-state index contributed by atoms with van der Waals surface area (Å²) in [6.07, 6.45) is 19.6. The highest BCUT2D eigenvalue weighted by atomic mass is 32.2. The van der Waals surface area contributed by atoms with Crippen molar-refractivity contribution in [1.29, 1.82) is 0 Å². The summed E-state index contributed by atoms with van der Waals surface area (Å²) in [5.74, 6) is 1.68. The molecule has 0 aromatic carbocycles. The Hall–Kier alpha value is -0.0500. The SMILES string of the molecule is CCCCCC1(CCC)CCC(C2CCC(S(C)(=O)=O)CC2)CC1. The highest BCUT2D eigenvalue weighted by molar-refractivity contribution is 7.91. The van der Waals surface area contributed by atoms with Gasteiger partial charge in [0.1, 0.15) is 9.84 Å². The molecule has 0 aromatic heterocycles. The lowest BCUT2D eigenvalue weighted by Gasteiger charge is -2.44. The van der Waals surface area contributed by atoms with Crippen LogP contribution in [0.4, 0.5) is 0 Å². The largest absolute Gasteiger partial charge is 0.229 e. The first kappa shape index (κ1) is 20.3. The molecule has 0 aliphatic heterocycles. The molecule has 0 aromatic rings. The lowest BCUT2D eigenvalue weighted by Crippen LogP contribution is -2.34. The molecule has 0 unspecified atom stereocenters. The van der Waals surface area contributed by atoms with Crippen molar-refractivity contribution in [2.75, 3.05) is 6.26 Å². The maximum atomic E-state index is 11.8. The van der Waals surface area contributed by atoms with Crippen LogP contribution in [-0.2, 0) is 9.84 Å². The van der Waals surface area contributed by atoms with Gasteiger partial charge in [-0.25, -0.2) is 8.42 Å². The van der Waals surface area contributed by atoms with Gasteiger partial charge in [0.25, 0.3) is 0 Å². The van der Waals surface area contributed by atoms with Gasteiger partial charge in [-0.15, -0.1) is 0 Å². The molecule has 2 aliphatic rings. The minimum Gasteiger partial charge on any atom is -0.229 e. The molecular weight excluding hydrogens is 316 g/mol. The van der Waals surface area contributed by atoms with E-state index in [1.165, 1.54) is 70.5 Å².